The maximum atomic E-state index is 11.8. The third kappa shape index (κ3) is 4.18. The maximum absolute atomic E-state index is 11.8. The molecule has 2 N–H and O–H groups in total. The van der Waals surface area contributed by atoms with Crippen LogP contribution in [-0.4, -0.2) is 53.8 Å². The minimum absolute atomic E-state index is 0.134. The second-order valence-corrected chi connectivity index (χ2v) is 5.59. The molecular formula is C12H22N2O4. The van der Waals surface area contributed by atoms with E-state index in [1.54, 1.807) is 27.8 Å². The van der Waals surface area contributed by atoms with E-state index in [1.807, 2.05) is 0 Å². The SMILES string of the molecule is CNC(=O)C[C@@H]1CN(C(=O)OC(C)(C)C)C[C@H]1O. The lowest BCUT2D eigenvalue weighted by Gasteiger charge is -2.24. The summed E-state index contributed by atoms with van der Waals surface area (Å²) in [4.78, 5) is 24.5. The van der Waals surface area contributed by atoms with Crippen molar-refractivity contribution in [3.05, 3.63) is 0 Å². The second kappa shape index (κ2) is 5.56. The minimum Gasteiger partial charge on any atom is -0.444 e. The summed E-state index contributed by atoms with van der Waals surface area (Å²) in [6.45, 7) is 5.94. The summed E-state index contributed by atoms with van der Waals surface area (Å²) in [6.07, 6.45) is -0.896. The third-order valence-electron chi connectivity index (χ3n) is 2.78. The van der Waals surface area contributed by atoms with Crippen molar-refractivity contribution in [2.45, 2.75) is 38.9 Å². The van der Waals surface area contributed by atoms with Crippen LogP contribution >= 0.6 is 0 Å². The Kier molecular flexibility index (Phi) is 4.56. The van der Waals surface area contributed by atoms with Gasteiger partial charge in [0.15, 0.2) is 0 Å². The van der Waals surface area contributed by atoms with Crippen LogP contribution < -0.4 is 5.32 Å². The quantitative estimate of drug-likeness (QED) is 0.749. The van der Waals surface area contributed by atoms with Crippen molar-refractivity contribution in [3.63, 3.8) is 0 Å². The van der Waals surface area contributed by atoms with Crippen LogP contribution in [0.3, 0.4) is 0 Å². The van der Waals surface area contributed by atoms with E-state index in [1.165, 1.54) is 4.90 Å². The summed E-state index contributed by atoms with van der Waals surface area (Å²) >= 11 is 0. The Labute approximate surface area is 107 Å². The zero-order chi connectivity index (χ0) is 13.9. The first-order valence-corrected chi connectivity index (χ1v) is 6.09. The number of likely N-dealkylation sites (tertiary alicyclic amines) is 1. The highest BCUT2D eigenvalue weighted by molar-refractivity contribution is 5.76. The fourth-order valence-electron chi connectivity index (χ4n) is 1.87. The number of hydrogen-bond donors (Lipinski definition) is 2. The zero-order valence-electron chi connectivity index (χ0n) is 11.4. The summed E-state index contributed by atoms with van der Waals surface area (Å²) in [5, 5.41) is 12.3. The van der Waals surface area contributed by atoms with Gasteiger partial charge in [0.1, 0.15) is 5.60 Å². The third-order valence-corrected chi connectivity index (χ3v) is 2.78. The number of rotatable bonds is 2. The topological polar surface area (TPSA) is 78.9 Å². The minimum atomic E-state index is -0.671. The second-order valence-electron chi connectivity index (χ2n) is 5.59. The van der Waals surface area contributed by atoms with Gasteiger partial charge in [-0.25, -0.2) is 4.79 Å². The van der Waals surface area contributed by atoms with E-state index >= 15 is 0 Å². The molecular weight excluding hydrogens is 236 g/mol. The predicted octanol–water partition coefficient (Wildman–Crippen LogP) is 0.350. The smallest absolute Gasteiger partial charge is 0.410 e. The molecule has 0 radical (unpaired) electrons. The van der Waals surface area contributed by atoms with Crippen molar-refractivity contribution in [1.82, 2.24) is 10.2 Å². The molecule has 0 aromatic rings. The van der Waals surface area contributed by atoms with Crippen molar-refractivity contribution in [1.29, 1.82) is 0 Å². The van der Waals surface area contributed by atoms with Crippen LogP contribution in [0.1, 0.15) is 27.2 Å². The van der Waals surface area contributed by atoms with Crippen LogP contribution in [0.5, 0.6) is 0 Å². The average Bonchev–Trinajstić information content (AvgIpc) is 2.58. The molecule has 6 nitrogen and oxygen atoms in total. The van der Waals surface area contributed by atoms with Crippen molar-refractivity contribution >= 4 is 12.0 Å². The molecule has 1 aliphatic rings. The molecule has 0 unspecified atom stereocenters. The number of hydrogen-bond acceptors (Lipinski definition) is 4. The van der Waals surface area contributed by atoms with Crippen LogP contribution in [0.2, 0.25) is 0 Å². The van der Waals surface area contributed by atoms with Gasteiger partial charge >= 0.3 is 6.09 Å². The lowest BCUT2D eigenvalue weighted by atomic mass is 10.0. The van der Waals surface area contributed by atoms with E-state index in [4.69, 9.17) is 4.74 Å². The van der Waals surface area contributed by atoms with Gasteiger partial charge in [-0.05, 0) is 20.8 Å². The van der Waals surface area contributed by atoms with Crippen LogP contribution in [0.25, 0.3) is 0 Å². The molecule has 0 aliphatic carbocycles. The first kappa shape index (κ1) is 14.8. The number of aliphatic hydroxyl groups is 1. The zero-order valence-corrected chi connectivity index (χ0v) is 11.4. The number of nitrogens with one attached hydrogen (secondary N) is 1. The molecule has 1 rings (SSSR count). The summed E-state index contributed by atoms with van der Waals surface area (Å²) in [5.41, 5.74) is -0.555. The number of carbonyl (C=O) groups excluding carboxylic acids is 2. The van der Waals surface area contributed by atoms with Gasteiger partial charge < -0.3 is 20.1 Å². The van der Waals surface area contributed by atoms with E-state index in [0.29, 0.717) is 6.54 Å². The van der Waals surface area contributed by atoms with Crippen molar-refractivity contribution < 1.29 is 19.4 Å². The van der Waals surface area contributed by atoms with Crippen molar-refractivity contribution in [3.8, 4) is 0 Å². The van der Waals surface area contributed by atoms with Gasteiger partial charge in [0.2, 0.25) is 5.91 Å². The Morgan fingerprint density at radius 1 is 1.39 bits per heavy atom. The highest BCUT2D eigenvalue weighted by Gasteiger charge is 2.36. The summed E-state index contributed by atoms with van der Waals surface area (Å²) in [5.74, 6) is -0.359. The fraction of sp³-hybridized carbons (Fsp3) is 0.833. The maximum Gasteiger partial charge on any atom is 0.410 e. The number of aliphatic hydroxyl groups excluding tert-OH is 1. The molecule has 2 atom stereocenters. The molecule has 6 heteroatoms. The molecule has 104 valence electrons. The van der Waals surface area contributed by atoms with Gasteiger partial charge in [0.25, 0.3) is 0 Å². The lowest BCUT2D eigenvalue weighted by Crippen LogP contribution is -2.36. The molecule has 1 heterocycles. The number of carbonyl (C=O) groups is 2. The normalized spacial score (nSPS) is 23.9. The summed E-state index contributed by atoms with van der Waals surface area (Å²) in [6, 6.07) is 0. The molecule has 1 aliphatic heterocycles. The number of β-amino-alcohol motifs (C(OH)–C–C–N with tert-alkyl or cyclic N) is 1. The molecule has 0 aromatic carbocycles. The molecule has 0 saturated carbocycles. The Balaban J connectivity index is 2.53. The largest absolute Gasteiger partial charge is 0.444 e. The highest BCUT2D eigenvalue weighted by Crippen LogP contribution is 2.22. The lowest BCUT2D eigenvalue weighted by molar-refractivity contribution is -0.122. The monoisotopic (exact) mass is 258 g/mol. The Morgan fingerprint density at radius 3 is 2.50 bits per heavy atom. The van der Waals surface area contributed by atoms with E-state index < -0.39 is 17.8 Å². The first-order chi connectivity index (χ1) is 8.23. The molecule has 0 aromatic heterocycles. The van der Waals surface area contributed by atoms with E-state index in [2.05, 4.69) is 5.32 Å². The van der Waals surface area contributed by atoms with E-state index in [-0.39, 0.29) is 24.8 Å². The van der Waals surface area contributed by atoms with Crippen LogP contribution in [0, 0.1) is 5.92 Å². The Bertz CT molecular complexity index is 325. The summed E-state index contributed by atoms with van der Waals surface area (Å²) < 4.78 is 5.22. The van der Waals surface area contributed by atoms with E-state index in [9.17, 15) is 14.7 Å². The number of ether oxygens (including phenoxy) is 1. The van der Waals surface area contributed by atoms with Crippen molar-refractivity contribution in [2.24, 2.45) is 5.92 Å². The van der Waals surface area contributed by atoms with Gasteiger partial charge in [-0.1, -0.05) is 0 Å². The van der Waals surface area contributed by atoms with Gasteiger partial charge in [0, 0.05) is 25.9 Å². The first-order valence-electron chi connectivity index (χ1n) is 6.09. The number of nitrogens with zero attached hydrogens (tertiary/aromatic N) is 1. The van der Waals surface area contributed by atoms with Gasteiger partial charge in [0.05, 0.1) is 12.6 Å². The molecule has 0 spiro atoms. The Hall–Kier alpha value is -1.30. The van der Waals surface area contributed by atoms with Gasteiger partial charge in [-0.2, -0.15) is 0 Å². The predicted molar refractivity (Wildman–Crippen MR) is 66.0 cm³/mol. The average molecular weight is 258 g/mol. The van der Waals surface area contributed by atoms with Crippen LogP contribution in [0.4, 0.5) is 4.79 Å². The van der Waals surface area contributed by atoms with Gasteiger partial charge in [-0.3, -0.25) is 4.79 Å². The molecule has 1 fully saturated rings. The van der Waals surface area contributed by atoms with Crippen LogP contribution in [-0.2, 0) is 9.53 Å². The molecule has 18 heavy (non-hydrogen) atoms. The standard InChI is InChI=1S/C12H22N2O4/c1-12(2,3)18-11(17)14-6-8(9(15)7-14)5-10(16)13-4/h8-9,15H,5-7H2,1-4H3,(H,13,16)/t8-,9-/m1/s1. The van der Waals surface area contributed by atoms with Gasteiger partial charge in [-0.15, -0.1) is 0 Å². The molecule has 0 bridgehead atoms. The summed E-state index contributed by atoms with van der Waals surface area (Å²) in [7, 11) is 1.55. The number of amides is 2. The fourth-order valence-corrected chi connectivity index (χ4v) is 1.87. The van der Waals surface area contributed by atoms with Crippen molar-refractivity contribution in [2.75, 3.05) is 20.1 Å². The molecule has 2 amide bonds. The van der Waals surface area contributed by atoms with E-state index in [0.717, 1.165) is 0 Å². The highest BCUT2D eigenvalue weighted by atomic mass is 16.6. The van der Waals surface area contributed by atoms with Crippen LogP contribution in [0.15, 0.2) is 0 Å². The Morgan fingerprint density at radius 2 is 2.00 bits per heavy atom. The molecule has 1 saturated heterocycles.